The van der Waals surface area contributed by atoms with Gasteiger partial charge in [-0.3, -0.25) is 0 Å². The Hall–Kier alpha value is -1.04. The lowest BCUT2D eigenvalue weighted by molar-refractivity contribution is -0.285. The number of nitrogens with two attached hydrogens (primary N) is 1. The zero-order valence-corrected chi connectivity index (χ0v) is 9.58. The van der Waals surface area contributed by atoms with E-state index in [-0.39, 0.29) is 18.0 Å². The molecule has 0 spiro atoms. The molecule has 1 aliphatic heterocycles. The van der Waals surface area contributed by atoms with E-state index < -0.39 is 17.4 Å². The Morgan fingerprint density at radius 2 is 2.00 bits per heavy atom. The molecule has 1 aliphatic rings. The molecule has 0 bridgehead atoms. The first kappa shape index (κ1) is 12.4. The van der Waals surface area contributed by atoms with Crippen molar-refractivity contribution in [3.8, 4) is 0 Å². The van der Waals surface area contributed by atoms with E-state index in [4.69, 9.17) is 15.2 Å². The van der Waals surface area contributed by atoms with Crippen molar-refractivity contribution >= 4 is 0 Å². The van der Waals surface area contributed by atoms with Gasteiger partial charge in [0.25, 0.3) is 0 Å². The van der Waals surface area contributed by atoms with Crippen LogP contribution in [0.2, 0.25) is 0 Å². The molecule has 1 aromatic rings. The Balaban J connectivity index is 2.37. The predicted molar refractivity (Wildman–Crippen MR) is 58.2 cm³/mol. The van der Waals surface area contributed by atoms with Gasteiger partial charge in [-0.2, -0.15) is 0 Å². The Labute approximate surface area is 98.5 Å². The summed E-state index contributed by atoms with van der Waals surface area (Å²) in [4.78, 5) is 0. The van der Waals surface area contributed by atoms with E-state index in [9.17, 15) is 8.78 Å². The van der Waals surface area contributed by atoms with Gasteiger partial charge in [0.15, 0.2) is 0 Å². The van der Waals surface area contributed by atoms with Crippen molar-refractivity contribution < 1.29 is 18.3 Å². The maximum absolute atomic E-state index is 13.7. The van der Waals surface area contributed by atoms with E-state index in [0.29, 0.717) is 13.2 Å². The van der Waals surface area contributed by atoms with Crippen LogP contribution in [0, 0.1) is 17.6 Å². The van der Waals surface area contributed by atoms with Crippen molar-refractivity contribution in [3.63, 3.8) is 0 Å². The molecule has 0 radical (unpaired) electrons. The van der Waals surface area contributed by atoms with Crippen LogP contribution in [0.1, 0.15) is 12.5 Å². The van der Waals surface area contributed by atoms with Crippen LogP contribution in [-0.2, 0) is 15.3 Å². The molecule has 0 saturated carbocycles. The molecule has 94 valence electrons. The van der Waals surface area contributed by atoms with Gasteiger partial charge < -0.3 is 15.2 Å². The largest absolute Gasteiger partial charge is 0.344 e. The summed E-state index contributed by atoms with van der Waals surface area (Å²) < 4.78 is 37.9. The number of benzene rings is 1. The summed E-state index contributed by atoms with van der Waals surface area (Å²) in [5.41, 5.74) is 5.62. The predicted octanol–water partition coefficient (Wildman–Crippen LogP) is 1.76. The molecule has 1 heterocycles. The van der Waals surface area contributed by atoms with Gasteiger partial charge in [0.05, 0.1) is 25.3 Å². The van der Waals surface area contributed by atoms with Crippen molar-refractivity contribution in [3.05, 3.63) is 35.4 Å². The lowest BCUT2D eigenvalue weighted by atomic mass is 10.0. The topological polar surface area (TPSA) is 44.5 Å². The average Bonchev–Trinajstić information content (AvgIpc) is 2.34. The highest BCUT2D eigenvalue weighted by atomic mass is 19.1. The van der Waals surface area contributed by atoms with Crippen LogP contribution in [0.3, 0.4) is 0 Å². The SMILES string of the molecule is CC1COC(CN)(c2cc(F)ccc2F)OC1. The van der Waals surface area contributed by atoms with Crippen LogP contribution in [0.4, 0.5) is 8.78 Å². The molecule has 1 fully saturated rings. The van der Waals surface area contributed by atoms with Crippen molar-refractivity contribution in [1.29, 1.82) is 0 Å². The van der Waals surface area contributed by atoms with Crippen LogP contribution in [0.25, 0.3) is 0 Å². The second kappa shape index (κ2) is 4.68. The van der Waals surface area contributed by atoms with E-state index in [1.165, 1.54) is 0 Å². The molecule has 0 unspecified atom stereocenters. The first-order valence-corrected chi connectivity index (χ1v) is 5.51. The Morgan fingerprint density at radius 1 is 1.35 bits per heavy atom. The monoisotopic (exact) mass is 243 g/mol. The van der Waals surface area contributed by atoms with Crippen LogP contribution >= 0.6 is 0 Å². The van der Waals surface area contributed by atoms with Gasteiger partial charge in [-0.1, -0.05) is 6.92 Å². The molecule has 3 nitrogen and oxygen atoms in total. The van der Waals surface area contributed by atoms with Crippen molar-refractivity contribution in [2.75, 3.05) is 19.8 Å². The first-order valence-electron chi connectivity index (χ1n) is 5.51. The third-order valence-electron chi connectivity index (χ3n) is 2.81. The third-order valence-corrected chi connectivity index (χ3v) is 2.81. The van der Waals surface area contributed by atoms with Crippen molar-refractivity contribution in [1.82, 2.24) is 0 Å². The quantitative estimate of drug-likeness (QED) is 0.860. The molecule has 1 aromatic carbocycles. The van der Waals surface area contributed by atoms with Gasteiger partial charge in [0.1, 0.15) is 11.6 Å². The molecule has 1 saturated heterocycles. The maximum Gasteiger partial charge on any atom is 0.210 e. The molecular weight excluding hydrogens is 228 g/mol. The molecule has 5 heteroatoms. The number of ether oxygens (including phenoxy) is 2. The van der Waals surface area contributed by atoms with Gasteiger partial charge in [-0.05, 0) is 18.2 Å². The summed E-state index contributed by atoms with van der Waals surface area (Å²) in [6, 6.07) is 3.17. The second-order valence-electron chi connectivity index (χ2n) is 4.31. The van der Waals surface area contributed by atoms with Crippen molar-refractivity contribution in [2.45, 2.75) is 12.7 Å². The molecule has 2 rings (SSSR count). The number of rotatable bonds is 2. The number of hydrogen-bond acceptors (Lipinski definition) is 3. The molecule has 0 amide bonds. The minimum absolute atomic E-state index is 0.0203. The van der Waals surface area contributed by atoms with Crippen molar-refractivity contribution in [2.24, 2.45) is 11.7 Å². The van der Waals surface area contributed by atoms with Gasteiger partial charge in [-0.25, -0.2) is 8.78 Å². The Morgan fingerprint density at radius 3 is 2.59 bits per heavy atom. The zero-order chi connectivity index (χ0) is 12.5. The van der Waals surface area contributed by atoms with Crippen LogP contribution in [0.5, 0.6) is 0 Å². The smallest absolute Gasteiger partial charge is 0.210 e. The van der Waals surface area contributed by atoms with Gasteiger partial charge in [0.2, 0.25) is 5.79 Å². The zero-order valence-electron chi connectivity index (χ0n) is 9.58. The summed E-state index contributed by atoms with van der Waals surface area (Å²) in [5, 5.41) is 0. The molecular formula is C12H15F2NO2. The fourth-order valence-corrected chi connectivity index (χ4v) is 1.82. The van der Waals surface area contributed by atoms with Gasteiger partial charge in [-0.15, -0.1) is 0 Å². The van der Waals surface area contributed by atoms with Gasteiger partial charge in [0, 0.05) is 5.92 Å². The number of halogens is 2. The fourth-order valence-electron chi connectivity index (χ4n) is 1.82. The average molecular weight is 243 g/mol. The molecule has 0 atom stereocenters. The summed E-state index contributed by atoms with van der Waals surface area (Å²) in [6.45, 7) is 2.71. The third kappa shape index (κ3) is 2.31. The van der Waals surface area contributed by atoms with Crippen LogP contribution < -0.4 is 5.73 Å². The Kier molecular flexibility index (Phi) is 3.42. The highest BCUT2D eigenvalue weighted by Gasteiger charge is 2.39. The minimum Gasteiger partial charge on any atom is -0.344 e. The van der Waals surface area contributed by atoms with Crippen LogP contribution in [0.15, 0.2) is 18.2 Å². The second-order valence-corrected chi connectivity index (χ2v) is 4.31. The molecule has 17 heavy (non-hydrogen) atoms. The molecule has 2 N–H and O–H groups in total. The number of hydrogen-bond donors (Lipinski definition) is 1. The van der Waals surface area contributed by atoms with E-state index in [0.717, 1.165) is 18.2 Å². The van der Waals surface area contributed by atoms with Gasteiger partial charge >= 0.3 is 0 Å². The Bertz CT molecular complexity index is 403. The molecule has 0 aliphatic carbocycles. The lowest BCUT2D eigenvalue weighted by Crippen LogP contribution is -2.47. The lowest BCUT2D eigenvalue weighted by Gasteiger charge is -2.38. The van der Waals surface area contributed by atoms with Crippen LogP contribution in [-0.4, -0.2) is 19.8 Å². The maximum atomic E-state index is 13.7. The van der Waals surface area contributed by atoms with E-state index >= 15 is 0 Å². The highest BCUT2D eigenvalue weighted by Crippen LogP contribution is 2.33. The standard InChI is InChI=1S/C12H15F2NO2/c1-8-5-16-12(7-15,17-6-8)10-4-9(13)2-3-11(10)14/h2-4,8H,5-7,15H2,1H3. The van der Waals surface area contributed by atoms with E-state index in [1.807, 2.05) is 6.92 Å². The highest BCUT2D eigenvalue weighted by molar-refractivity contribution is 5.24. The summed E-state index contributed by atoms with van der Waals surface area (Å²) in [5.74, 6) is -2.27. The summed E-state index contributed by atoms with van der Waals surface area (Å²) in [6.07, 6.45) is 0. The summed E-state index contributed by atoms with van der Waals surface area (Å²) in [7, 11) is 0. The normalized spacial score (nSPS) is 29.3. The fraction of sp³-hybridized carbons (Fsp3) is 0.500. The van der Waals surface area contributed by atoms with E-state index in [1.54, 1.807) is 0 Å². The van der Waals surface area contributed by atoms with E-state index in [2.05, 4.69) is 0 Å². The molecule has 0 aromatic heterocycles. The summed E-state index contributed by atoms with van der Waals surface area (Å²) >= 11 is 0. The minimum atomic E-state index is -1.36. The first-order chi connectivity index (χ1) is 8.07.